The predicted octanol–water partition coefficient (Wildman–Crippen LogP) is 3.93. The molecule has 2 aromatic carbocycles. The number of hydrogen-bond acceptors (Lipinski definition) is 6. The van der Waals surface area contributed by atoms with Crippen molar-refractivity contribution in [3.05, 3.63) is 59.7 Å². The zero-order valence-corrected chi connectivity index (χ0v) is 18.3. The van der Waals surface area contributed by atoms with Gasteiger partial charge in [0.2, 0.25) is 0 Å². The van der Waals surface area contributed by atoms with Crippen LogP contribution in [-0.4, -0.2) is 62.2 Å². The summed E-state index contributed by atoms with van der Waals surface area (Å²) >= 11 is 0. The number of esters is 1. The highest BCUT2D eigenvalue weighted by molar-refractivity contribution is 5.88. The van der Waals surface area contributed by atoms with Crippen molar-refractivity contribution in [1.29, 1.82) is 0 Å². The molecule has 0 amide bonds. The number of para-hydroxylation sites is 1. The molecule has 164 valence electrons. The fraction of sp³-hybridized carbons (Fsp3) is 0.400. The molecule has 6 nitrogen and oxygen atoms in total. The normalized spacial score (nSPS) is 15.4. The Hall–Kier alpha value is -2.67. The van der Waals surface area contributed by atoms with Crippen molar-refractivity contribution < 1.29 is 18.7 Å². The molecule has 2 heterocycles. The second-order valence-corrected chi connectivity index (χ2v) is 7.99. The summed E-state index contributed by atoms with van der Waals surface area (Å²) in [6.45, 7) is 8.68. The van der Waals surface area contributed by atoms with Crippen LogP contribution in [0, 0.1) is 0 Å². The Kier molecular flexibility index (Phi) is 7.02. The van der Waals surface area contributed by atoms with Crippen molar-refractivity contribution >= 4 is 16.9 Å². The molecule has 0 unspecified atom stereocenters. The number of rotatable bonds is 8. The number of benzene rings is 2. The number of methoxy groups -OCH3 is 1. The Morgan fingerprint density at radius 1 is 1.00 bits per heavy atom. The molecule has 0 bridgehead atoms. The van der Waals surface area contributed by atoms with Crippen LogP contribution in [0.2, 0.25) is 0 Å². The van der Waals surface area contributed by atoms with Crippen LogP contribution in [0.25, 0.3) is 22.3 Å². The number of nitrogens with zero attached hydrogens (tertiary/aromatic N) is 2. The second-order valence-electron chi connectivity index (χ2n) is 7.99. The van der Waals surface area contributed by atoms with Gasteiger partial charge in [-0.1, -0.05) is 42.5 Å². The maximum absolute atomic E-state index is 11.4. The first kappa shape index (κ1) is 21.6. The van der Waals surface area contributed by atoms with E-state index in [0.29, 0.717) is 0 Å². The van der Waals surface area contributed by atoms with Gasteiger partial charge in [0.05, 0.1) is 6.61 Å². The van der Waals surface area contributed by atoms with Crippen LogP contribution in [0.1, 0.15) is 18.1 Å². The Bertz CT molecular complexity index is 1000. The number of fused-ring (bicyclic) bond motifs is 1. The minimum Gasteiger partial charge on any atom is -0.461 e. The van der Waals surface area contributed by atoms with Gasteiger partial charge in [-0.2, -0.15) is 0 Å². The van der Waals surface area contributed by atoms with E-state index in [4.69, 9.17) is 13.9 Å². The van der Waals surface area contributed by atoms with Crippen LogP contribution in [0.4, 0.5) is 0 Å². The minimum absolute atomic E-state index is 0.205. The maximum Gasteiger partial charge on any atom is 0.302 e. The van der Waals surface area contributed by atoms with E-state index in [1.54, 1.807) is 7.11 Å². The summed E-state index contributed by atoms with van der Waals surface area (Å²) in [5.41, 5.74) is 3.99. The van der Waals surface area contributed by atoms with E-state index < -0.39 is 0 Å². The fourth-order valence-electron chi connectivity index (χ4n) is 4.06. The molecule has 0 radical (unpaired) electrons. The van der Waals surface area contributed by atoms with Crippen molar-refractivity contribution in [2.75, 3.05) is 46.4 Å². The quantitative estimate of drug-likeness (QED) is 0.513. The number of piperazine rings is 1. The van der Waals surface area contributed by atoms with Gasteiger partial charge in [-0.25, -0.2) is 0 Å². The SMILES string of the molecule is COCCN1CCN(Cc2ccc(-c3oc4ccccc4c3COC(C)=O)cc2)CC1. The molecular weight excluding hydrogens is 392 g/mol. The lowest BCUT2D eigenvalue weighted by Crippen LogP contribution is -2.46. The summed E-state index contributed by atoms with van der Waals surface area (Å²) in [6, 6.07) is 16.4. The van der Waals surface area contributed by atoms with Crippen LogP contribution < -0.4 is 0 Å². The highest BCUT2D eigenvalue weighted by Crippen LogP contribution is 2.34. The van der Waals surface area contributed by atoms with Crippen LogP contribution in [0.15, 0.2) is 52.9 Å². The first-order valence-corrected chi connectivity index (χ1v) is 10.8. The number of carbonyl (C=O) groups is 1. The van der Waals surface area contributed by atoms with Crippen LogP contribution >= 0.6 is 0 Å². The van der Waals surface area contributed by atoms with Gasteiger partial charge in [0, 0.05) is 69.8 Å². The summed E-state index contributed by atoms with van der Waals surface area (Å²) in [4.78, 5) is 16.3. The van der Waals surface area contributed by atoms with E-state index >= 15 is 0 Å². The smallest absolute Gasteiger partial charge is 0.302 e. The predicted molar refractivity (Wildman–Crippen MR) is 121 cm³/mol. The molecule has 4 rings (SSSR count). The largest absolute Gasteiger partial charge is 0.461 e. The Balaban J connectivity index is 1.45. The lowest BCUT2D eigenvalue weighted by atomic mass is 10.0. The third-order valence-electron chi connectivity index (χ3n) is 5.82. The van der Waals surface area contributed by atoms with E-state index in [1.165, 1.54) is 12.5 Å². The van der Waals surface area contributed by atoms with Crippen LogP contribution in [-0.2, 0) is 27.4 Å². The third-order valence-corrected chi connectivity index (χ3v) is 5.82. The van der Waals surface area contributed by atoms with Gasteiger partial charge in [-0.3, -0.25) is 14.6 Å². The Morgan fingerprint density at radius 3 is 2.42 bits per heavy atom. The number of carbonyl (C=O) groups excluding carboxylic acids is 1. The Morgan fingerprint density at radius 2 is 1.71 bits per heavy atom. The van der Waals surface area contributed by atoms with E-state index in [2.05, 4.69) is 34.1 Å². The van der Waals surface area contributed by atoms with Crippen LogP contribution in [0.3, 0.4) is 0 Å². The molecule has 1 fully saturated rings. The summed E-state index contributed by atoms with van der Waals surface area (Å²) < 4.78 is 16.6. The summed E-state index contributed by atoms with van der Waals surface area (Å²) in [5.74, 6) is 0.467. The van der Waals surface area contributed by atoms with Gasteiger partial charge in [-0.15, -0.1) is 0 Å². The van der Waals surface area contributed by atoms with Gasteiger partial charge in [-0.05, 0) is 11.6 Å². The highest BCUT2D eigenvalue weighted by Gasteiger charge is 2.18. The molecule has 1 saturated heterocycles. The van der Waals surface area contributed by atoms with E-state index in [9.17, 15) is 4.79 Å². The molecule has 1 aliphatic rings. The molecular formula is C25H30N2O4. The van der Waals surface area contributed by atoms with Gasteiger partial charge in [0.25, 0.3) is 0 Å². The first-order chi connectivity index (χ1) is 15.1. The average Bonchev–Trinajstić information content (AvgIpc) is 3.16. The van der Waals surface area contributed by atoms with Gasteiger partial charge in [0.1, 0.15) is 18.0 Å². The number of hydrogen-bond donors (Lipinski definition) is 0. The van der Waals surface area contributed by atoms with Crippen molar-refractivity contribution in [2.45, 2.75) is 20.1 Å². The highest BCUT2D eigenvalue weighted by atomic mass is 16.5. The van der Waals surface area contributed by atoms with Crippen molar-refractivity contribution in [3.63, 3.8) is 0 Å². The molecule has 6 heteroatoms. The number of furan rings is 1. The van der Waals surface area contributed by atoms with E-state index in [-0.39, 0.29) is 12.6 Å². The maximum atomic E-state index is 11.4. The Labute approximate surface area is 183 Å². The molecule has 0 saturated carbocycles. The van der Waals surface area contributed by atoms with Crippen molar-refractivity contribution in [3.8, 4) is 11.3 Å². The van der Waals surface area contributed by atoms with Gasteiger partial charge < -0.3 is 13.9 Å². The zero-order chi connectivity index (χ0) is 21.6. The van der Waals surface area contributed by atoms with E-state index in [1.807, 2.05) is 24.3 Å². The zero-order valence-electron chi connectivity index (χ0n) is 18.3. The molecule has 0 atom stereocenters. The number of ether oxygens (including phenoxy) is 2. The fourth-order valence-corrected chi connectivity index (χ4v) is 4.06. The molecule has 0 N–H and O–H groups in total. The first-order valence-electron chi connectivity index (χ1n) is 10.8. The second kappa shape index (κ2) is 10.1. The minimum atomic E-state index is -0.297. The van der Waals surface area contributed by atoms with Gasteiger partial charge >= 0.3 is 5.97 Å². The topological polar surface area (TPSA) is 55.1 Å². The van der Waals surface area contributed by atoms with E-state index in [0.717, 1.165) is 73.7 Å². The lowest BCUT2D eigenvalue weighted by molar-refractivity contribution is -0.142. The van der Waals surface area contributed by atoms with Crippen LogP contribution in [0.5, 0.6) is 0 Å². The lowest BCUT2D eigenvalue weighted by Gasteiger charge is -2.34. The molecule has 1 aromatic heterocycles. The molecule has 1 aliphatic heterocycles. The average molecular weight is 423 g/mol. The molecule has 3 aromatic rings. The summed E-state index contributed by atoms with van der Waals surface area (Å²) in [7, 11) is 1.75. The van der Waals surface area contributed by atoms with Crippen molar-refractivity contribution in [1.82, 2.24) is 9.80 Å². The van der Waals surface area contributed by atoms with Gasteiger partial charge in [0.15, 0.2) is 0 Å². The molecule has 0 aliphatic carbocycles. The summed E-state index contributed by atoms with van der Waals surface area (Å²) in [6.07, 6.45) is 0. The molecule has 31 heavy (non-hydrogen) atoms. The third kappa shape index (κ3) is 5.34. The monoisotopic (exact) mass is 422 g/mol. The van der Waals surface area contributed by atoms with Crippen molar-refractivity contribution in [2.24, 2.45) is 0 Å². The standard InChI is InChI=1S/C25H30N2O4/c1-19(28)30-18-23-22-5-3-4-6-24(22)31-25(23)21-9-7-20(8-10-21)17-27-13-11-26(12-14-27)15-16-29-2/h3-10H,11-18H2,1-2H3. The molecule has 0 spiro atoms. The summed E-state index contributed by atoms with van der Waals surface area (Å²) in [5, 5.41) is 0.981.